The second-order valence-corrected chi connectivity index (χ2v) is 18.3. The molecular weight excluding hydrogens is 671 g/mol. The van der Waals surface area contributed by atoms with E-state index in [0.717, 1.165) is 71.0 Å². The van der Waals surface area contributed by atoms with E-state index in [2.05, 4.69) is 39.5 Å². The molecule has 0 spiro atoms. The van der Waals surface area contributed by atoms with E-state index in [-0.39, 0.29) is 24.0 Å². The monoisotopic (exact) mass is 764 g/mol. The third-order valence-electron chi connectivity index (χ3n) is 12.3. The molecule has 0 saturated heterocycles. The second kappa shape index (κ2) is 33.9. The highest BCUT2D eigenvalue weighted by molar-refractivity contribution is 5.69. The van der Waals surface area contributed by atoms with E-state index in [0.29, 0.717) is 37.4 Å². The molecule has 0 aromatic carbocycles. The molecule has 1 fully saturated rings. The fourth-order valence-corrected chi connectivity index (χ4v) is 8.11. The lowest BCUT2D eigenvalue weighted by Crippen LogP contribution is -2.28. The van der Waals surface area contributed by atoms with E-state index in [9.17, 15) is 14.7 Å². The molecule has 54 heavy (non-hydrogen) atoms. The molecule has 0 atom stereocenters. The van der Waals surface area contributed by atoms with Crippen molar-refractivity contribution < 1.29 is 24.2 Å². The van der Waals surface area contributed by atoms with Gasteiger partial charge in [0.1, 0.15) is 0 Å². The average Bonchev–Trinajstić information content (AvgIpc) is 3.94. The highest BCUT2D eigenvalue weighted by Crippen LogP contribution is 2.53. The Labute approximate surface area is 336 Å². The van der Waals surface area contributed by atoms with E-state index < -0.39 is 0 Å². The van der Waals surface area contributed by atoms with Crippen molar-refractivity contribution in [1.29, 1.82) is 0 Å². The van der Waals surface area contributed by atoms with Crippen molar-refractivity contribution >= 4 is 11.9 Å². The van der Waals surface area contributed by atoms with Crippen LogP contribution in [0.5, 0.6) is 0 Å². The minimum atomic E-state index is -0.0271. The number of aliphatic hydroxyl groups is 1. The Kier molecular flexibility index (Phi) is 32.0. The van der Waals surface area contributed by atoms with Crippen LogP contribution in [0.25, 0.3) is 0 Å². The fraction of sp³-hybridized carbons (Fsp3) is 0.958. The fourth-order valence-electron chi connectivity index (χ4n) is 8.11. The van der Waals surface area contributed by atoms with E-state index in [1.165, 1.54) is 141 Å². The summed E-state index contributed by atoms with van der Waals surface area (Å²) in [4.78, 5) is 27.6. The van der Waals surface area contributed by atoms with Gasteiger partial charge in [-0.3, -0.25) is 9.59 Å². The molecule has 0 radical (unpaired) electrons. The zero-order valence-electron chi connectivity index (χ0n) is 37.0. The summed E-state index contributed by atoms with van der Waals surface area (Å²) in [6, 6.07) is 0. The Morgan fingerprint density at radius 2 is 1.11 bits per heavy atom. The van der Waals surface area contributed by atoms with Crippen LogP contribution in [0.2, 0.25) is 0 Å². The molecule has 1 saturated carbocycles. The first-order valence-corrected chi connectivity index (χ1v) is 23.8. The summed E-state index contributed by atoms with van der Waals surface area (Å²) in [5, 5.41) is 9.35. The zero-order chi connectivity index (χ0) is 39.6. The van der Waals surface area contributed by atoms with Crippen LogP contribution in [0.15, 0.2) is 0 Å². The van der Waals surface area contributed by atoms with E-state index >= 15 is 0 Å². The van der Waals surface area contributed by atoms with Gasteiger partial charge in [-0.2, -0.15) is 0 Å². The van der Waals surface area contributed by atoms with Crippen LogP contribution in [-0.2, 0) is 19.1 Å². The molecule has 320 valence electrons. The van der Waals surface area contributed by atoms with Gasteiger partial charge in [-0.15, -0.1) is 0 Å². The van der Waals surface area contributed by atoms with Gasteiger partial charge in [-0.05, 0) is 107 Å². The molecule has 1 N–H and O–H groups in total. The van der Waals surface area contributed by atoms with Crippen LogP contribution < -0.4 is 0 Å². The minimum absolute atomic E-state index is 0.0234. The van der Waals surface area contributed by atoms with Gasteiger partial charge in [-0.1, -0.05) is 157 Å². The number of aliphatic hydroxyl groups excluding tert-OH is 1. The standard InChI is InChI=1S/C48H93NO5/c1-6-9-12-15-16-17-21-30-45(51)54-43-47(4,5)33-22-18-24-38-49(40-26-27-41-50)39-25-23-34-48(36-37-48)35-31-46(52)53-42-32-44(28-19-13-10-7-2)29-20-14-11-8-3/h44,50H,6-43H2,1-5H3. The summed E-state index contributed by atoms with van der Waals surface area (Å²) >= 11 is 0. The number of rotatable bonds is 41. The highest BCUT2D eigenvalue weighted by atomic mass is 16.5. The van der Waals surface area contributed by atoms with Gasteiger partial charge in [0.05, 0.1) is 13.2 Å². The Morgan fingerprint density at radius 3 is 1.70 bits per heavy atom. The molecule has 1 rings (SSSR count). The van der Waals surface area contributed by atoms with E-state index in [1.807, 2.05) is 0 Å². The Morgan fingerprint density at radius 1 is 0.593 bits per heavy atom. The molecule has 0 aromatic heterocycles. The molecule has 0 amide bonds. The largest absolute Gasteiger partial charge is 0.466 e. The maximum Gasteiger partial charge on any atom is 0.305 e. The van der Waals surface area contributed by atoms with Crippen LogP contribution >= 0.6 is 0 Å². The highest BCUT2D eigenvalue weighted by Gasteiger charge is 2.41. The van der Waals surface area contributed by atoms with Gasteiger partial charge in [0, 0.05) is 19.4 Å². The molecule has 0 aliphatic heterocycles. The lowest BCUT2D eigenvalue weighted by atomic mass is 9.88. The van der Waals surface area contributed by atoms with Gasteiger partial charge in [0.25, 0.3) is 0 Å². The summed E-state index contributed by atoms with van der Waals surface area (Å²) in [6.07, 6.45) is 37.6. The summed E-state index contributed by atoms with van der Waals surface area (Å²) in [6.45, 7) is 16.0. The number of hydrogen-bond acceptors (Lipinski definition) is 6. The molecule has 0 heterocycles. The van der Waals surface area contributed by atoms with Crippen molar-refractivity contribution in [3.8, 4) is 0 Å². The van der Waals surface area contributed by atoms with Crippen LogP contribution in [0, 0.1) is 16.7 Å². The maximum absolute atomic E-state index is 12.7. The van der Waals surface area contributed by atoms with Crippen LogP contribution in [0.4, 0.5) is 0 Å². The van der Waals surface area contributed by atoms with Crippen molar-refractivity contribution in [2.45, 2.75) is 240 Å². The van der Waals surface area contributed by atoms with Crippen molar-refractivity contribution in [2.75, 3.05) is 39.5 Å². The summed E-state index contributed by atoms with van der Waals surface area (Å²) in [5.74, 6) is 0.708. The first-order valence-electron chi connectivity index (χ1n) is 23.8. The number of carbonyl (C=O) groups excluding carboxylic acids is 2. The third kappa shape index (κ3) is 30.1. The van der Waals surface area contributed by atoms with Gasteiger partial charge in [0.15, 0.2) is 0 Å². The van der Waals surface area contributed by atoms with Gasteiger partial charge >= 0.3 is 11.9 Å². The van der Waals surface area contributed by atoms with Crippen LogP contribution in [-0.4, -0.2) is 61.4 Å². The van der Waals surface area contributed by atoms with Crippen molar-refractivity contribution in [2.24, 2.45) is 16.7 Å². The van der Waals surface area contributed by atoms with Crippen LogP contribution in [0.1, 0.15) is 240 Å². The van der Waals surface area contributed by atoms with Gasteiger partial charge in [-0.25, -0.2) is 0 Å². The predicted molar refractivity (Wildman–Crippen MR) is 230 cm³/mol. The molecule has 1 aliphatic carbocycles. The number of esters is 2. The molecule has 0 bridgehead atoms. The van der Waals surface area contributed by atoms with Gasteiger partial charge < -0.3 is 19.5 Å². The number of carbonyl (C=O) groups is 2. The van der Waals surface area contributed by atoms with E-state index in [1.54, 1.807) is 0 Å². The maximum atomic E-state index is 12.7. The summed E-state index contributed by atoms with van der Waals surface area (Å²) in [5.41, 5.74) is 0.410. The number of unbranched alkanes of at least 4 members (excludes halogenated alkanes) is 16. The molecule has 6 heteroatoms. The summed E-state index contributed by atoms with van der Waals surface area (Å²) < 4.78 is 11.5. The third-order valence-corrected chi connectivity index (χ3v) is 12.3. The number of ether oxygens (including phenoxy) is 2. The minimum Gasteiger partial charge on any atom is -0.466 e. The average molecular weight is 764 g/mol. The molecule has 1 aliphatic rings. The Bertz CT molecular complexity index is 859. The van der Waals surface area contributed by atoms with E-state index in [4.69, 9.17) is 9.47 Å². The molecular formula is C48H93NO5. The summed E-state index contributed by atoms with van der Waals surface area (Å²) in [7, 11) is 0. The molecule has 0 unspecified atom stereocenters. The lowest BCUT2D eigenvalue weighted by molar-refractivity contribution is -0.147. The van der Waals surface area contributed by atoms with Crippen molar-refractivity contribution in [3.63, 3.8) is 0 Å². The first kappa shape index (κ1) is 50.9. The van der Waals surface area contributed by atoms with Crippen molar-refractivity contribution in [1.82, 2.24) is 4.90 Å². The number of hydrogen-bond donors (Lipinski definition) is 1. The number of nitrogens with zero attached hydrogens (tertiary/aromatic N) is 1. The Hall–Kier alpha value is -1.14. The van der Waals surface area contributed by atoms with Crippen molar-refractivity contribution in [3.05, 3.63) is 0 Å². The first-order chi connectivity index (χ1) is 26.2. The second-order valence-electron chi connectivity index (χ2n) is 18.3. The van der Waals surface area contributed by atoms with Crippen LogP contribution in [0.3, 0.4) is 0 Å². The normalized spacial score (nSPS) is 13.9. The molecule has 6 nitrogen and oxygen atoms in total. The SMILES string of the molecule is CCCCCCCCCC(=O)OCC(C)(C)CCCCCN(CCCCO)CCCCC1(CCC(=O)OCCC(CCCCCC)CCCCCC)CC1. The topological polar surface area (TPSA) is 76.1 Å². The molecule has 0 aromatic rings. The quantitative estimate of drug-likeness (QED) is 0.0494. The predicted octanol–water partition coefficient (Wildman–Crippen LogP) is 13.6. The van der Waals surface area contributed by atoms with Gasteiger partial charge in [0.2, 0.25) is 0 Å². The lowest BCUT2D eigenvalue weighted by Gasteiger charge is -2.25. The zero-order valence-corrected chi connectivity index (χ0v) is 37.0. The Balaban J connectivity index is 2.27. The smallest absolute Gasteiger partial charge is 0.305 e.